The molecule has 1 aliphatic rings. The average Bonchev–Trinajstić information content (AvgIpc) is 2.55. The lowest BCUT2D eigenvalue weighted by atomic mass is 10.0. The molecule has 1 saturated carbocycles. The molecule has 12 heavy (non-hydrogen) atoms. The van der Waals surface area contributed by atoms with Gasteiger partial charge in [-0.3, -0.25) is 0 Å². The summed E-state index contributed by atoms with van der Waals surface area (Å²) in [5.41, 5.74) is 0.951. The van der Waals surface area contributed by atoms with Crippen molar-refractivity contribution in [2.24, 2.45) is 0 Å². The molecule has 2 rings (SSSR count). The van der Waals surface area contributed by atoms with Crippen LogP contribution in [0.5, 0.6) is 0 Å². The first-order valence-corrected chi connectivity index (χ1v) is 4.18. The largest absolute Gasteiger partial charge is 0.365 e. The summed E-state index contributed by atoms with van der Waals surface area (Å²) in [6.07, 6.45) is 2.43. The summed E-state index contributed by atoms with van der Waals surface area (Å²) in [5, 5.41) is 0. The first kappa shape index (κ1) is 7.77. The van der Waals surface area contributed by atoms with E-state index in [9.17, 15) is 8.78 Å². The van der Waals surface area contributed by atoms with E-state index in [0.717, 1.165) is 5.69 Å². The molecule has 1 aromatic rings. The van der Waals surface area contributed by atoms with Crippen LogP contribution in [0.25, 0.3) is 0 Å². The molecule has 3 heteroatoms. The first-order valence-electron chi connectivity index (χ1n) is 4.18. The monoisotopic (exact) mass is 171 g/mol. The van der Waals surface area contributed by atoms with Crippen molar-refractivity contribution in [3.05, 3.63) is 24.0 Å². The maximum Gasteiger partial charge on any atom is 0.248 e. The number of aromatic amines is 1. The second kappa shape index (κ2) is 2.57. The van der Waals surface area contributed by atoms with Crippen LogP contribution in [0.3, 0.4) is 0 Å². The van der Waals surface area contributed by atoms with Crippen molar-refractivity contribution < 1.29 is 8.78 Å². The van der Waals surface area contributed by atoms with E-state index in [0.29, 0.717) is 6.42 Å². The van der Waals surface area contributed by atoms with E-state index >= 15 is 0 Å². The number of nitrogens with one attached hydrogen (secondary N) is 1. The molecular weight excluding hydrogens is 160 g/mol. The number of halogens is 2. The molecule has 1 aliphatic carbocycles. The lowest BCUT2D eigenvalue weighted by molar-refractivity contribution is 0.00767. The predicted molar refractivity (Wildman–Crippen MR) is 42.3 cm³/mol. The van der Waals surface area contributed by atoms with Gasteiger partial charge >= 0.3 is 0 Å². The van der Waals surface area contributed by atoms with Crippen LogP contribution in [0.4, 0.5) is 8.78 Å². The summed E-state index contributed by atoms with van der Waals surface area (Å²) in [5.74, 6) is -2.40. The third-order valence-corrected chi connectivity index (χ3v) is 2.47. The highest BCUT2D eigenvalue weighted by atomic mass is 19.3. The van der Waals surface area contributed by atoms with Crippen molar-refractivity contribution in [1.82, 2.24) is 4.98 Å². The van der Waals surface area contributed by atoms with Gasteiger partial charge in [0.2, 0.25) is 5.92 Å². The minimum Gasteiger partial charge on any atom is -0.365 e. The van der Waals surface area contributed by atoms with Crippen molar-refractivity contribution in [2.45, 2.75) is 31.1 Å². The Morgan fingerprint density at radius 1 is 1.50 bits per heavy atom. The molecule has 0 saturated heterocycles. The molecule has 1 aromatic heterocycles. The van der Waals surface area contributed by atoms with Gasteiger partial charge in [0.1, 0.15) is 0 Å². The Labute approximate surface area is 69.8 Å². The van der Waals surface area contributed by atoms with E-state index in [4.69, 9.17) is 0 Å². The third-order valence-electron chi connectivity index (χ3n) is 2.47. The van der Waals surface area contributed by atoms with Crippen molar-refractivity contribution in [3.63, 3.8) is 0 Å². The average molecular weight is 171 g/mol. The Hall–Kier alpha value is -0.860. The van der Waals surface area contributed by atoms with Crippen LogP contribution in [0.15, 0.2) is 18.3 Å². The van der Waals surface area contributed by atoms with Gasteiger partial charge in [0.25, 0.3) is 0 Å². The molecule has 1 N–H and O–H groups in total. The van der Waals surface area contributed by atoms with Crippen LogP contribution < -0.4 is 0 Å². The van der Waals surface area contributed by atoms with Crippen molar-refractivity contribution in [1.29, 1.82) is 0 Å². The second-order valence-electron chi connectivity index (χ2n) is 3.42. The van der Waals surface area contributed by atoms with E-state index in [1.54, 1.807) is 6.20 Å². The van der Waals surface area contributed by atoms with Gasteiger partial charge in [-0.2, -0.15) is 0 Å². The molecule has 0 amide bonds. The highest BCUT2D eigenvalue weighted by molar-refractivity contribution is 5.12. The third kappa shape index (κ3) is 1.36. The van der Waals surface area contributed by atoms with Gasteiger partial charge in [0, 0.05) is 30.7 Å². The number of hydrogen-bond donors (Lipinski definition) is 1. The van der Waals surface area contributed by atoms with Crippen molar-refractivity contribution >= 4 is 0 Å². The highest BCUT2D eigenvalue weighted by Gasteiger charge is 2.40. The van der Waals surface area contributed by atoms with Gasteiger partial charge in [-0.1, -0.05) is 0 Å². The van der Waals surface area contributed by atoms with Crippen LogP contribution >= 0.6 is 0 Å². The molecule has 0 bridgehead atoms. The molecule has 0 aliphatic heterocycles. The number of hydrogen-bond acceptors (Lipinski definition) is 0. The number of alkyl halides is 2. The fourth-order valence-electron chi connectivity index (χ4n) is 1.81. The van der Waals surface area contributed by atoms with Gasteiger partial charge in [-0.15, -0.1) is 0 Å². The molecule has 66 valence electrons. The van der Waals surface area contributed by atoms with E-state index in [2.05, 4.69) is 4.98 Å². The standard InChI is InChI=1S/C9H11F2N/c10-9(11)4-3-7(6-9)8-2-1-5-12-8/h1-2,5,7,12H,3-4,6H2. The molecule has 1 nitrogen and oxygen atoms in total. The SMILES string of the molecule is FC1(F)CCC(c2ccc[nH]2)C1. The molecular formula is C9H11F2N. The van der Waals surface area contributed by atoms with Crippen molar-refractivity contribution in [3.8, 4) is 0 Å². The molecule has 0 spiro atoms. The summed E-state index contributed by atoms with van der Waals surface area (Å²) < 4.78 is 25.5. The van der Waals surface area contributed by atoms with Gasteiger partial charge in [0.05, 0.1) is 0 Å². The summed E-state index contributed by atoms with van der Waals surface area (Å²) in [4.78, 5) is 2.98. The highest BCUT2D eigenvalue weighted by Crippen LogP contribution is 2.43. The molecule has 0 radical (unpaired) electrons. The second-order valence-corrected chi connectivity index (χ2v) is 3.42. The molecule has 0 aromatic carbocycles. The summed E-state index contributed by atoms with van der Waals surface area (Å²) in [6, 6.07) is 3.73. The van der Waals surface area contributed by atoms with Crippen LogP contribution in [-0.2, 0) is 0 Å². The Bertz CT molecular complexity index is 254. The summed E-state index contributed by atoms with van der Waals surface area (Å²) >= 11 is 0. The number of rotatable bonds is 1. The minimum atomic E-state index is -2.43. The molecule has 1 atom stereocenters. The zero-order valence-corrected chi connectivity index (χ0v) is 6.69. The van der Waals surface area contributed by atoms with Gasteiger partial charge in [0.15, 0.2) is 0 Å². The topological polar surface area (TPSA) is 15.8 Å². The Morgan fingerprint density at radius 3 is 2.83 bits per heavy atom. The lowest BCUT2D eigenvalue weighted by Gasteiger charge is -2.08. The zero-order chi connectivity index (χ0) is 8.60. The van der Waals surface area contributed by atoms with Crippen LogP contribution in [-0.4, -0.2) is 10.9 Å². The Kier molecular flexibility index (Phi) is 1.67. The zero-order valence-electron chi connectivity index (χ0n) is 6.69. The van der Waals surface area contributed by atoms with Crippen LogP contribution in [0.2, 0.25) is 0 Å². The molecule has 1 heterocycles. The Morgan fingerprint density at radius 2 is 2.33 bits per heavy atom. The van der Waals surface area contributed by atoms with E-state index in [1.165, 1.54) is 0 Å². The fourth-order valence-corrected chi connectivity index (χ4v) is 1.81. The summed E-state index contributed by atoms with van der Waals surface area (Å²) in [7, 11) is 0. The van der Waals surface area contributed by atoms with Crippen LogP contribution in [0, 0.1) is 0 Å². The van der Waals surface area contributed by atoms with E-state index < -0.39 is 5.92 Å². The molecule has 1 fully saturated rings. The van der Waals surface area contributed by atoms with Crippen LogP contribution in [0.1, 0.15) is 30.9 Å². The smallest absolute Gasteiger partial charge is 0.248 e. The maximum atomic E-state index is 12.8. The van der Waals surface area contributed by atoms with Gasteiger partial charge in [-0.05, 0) is 18.6 Å². The summed E-state index contributed by atoms with van der Waals surface area (Å²) in [6.45, 7) is 0. The predicted octanol–water partition coefficient (Wildman–Crippen LogP) is 2.92. The number of aromatic nitrogens is 1. The first-order chi connectivity index (χ1) is 5.67. The maximum absolute atomic E-state index is 12.8. The lowest BCUT2D eigenvalue weighted by Crippen LogP contribution is -2.09. The van der Waals surface area contributed by atoms with Crippen molar-refractivity contribution in [2.75, 3.05) is 0 Å². The fraction of sp³-hybridized carbons (Fsp3) is 0.556. The normalized spacial score (nSPS) is 27.7. The Balaban J connectivity index is 2.10. The minimum absolute atomic E-state index is 0.00745. The van der Waals surface area contributed by atoms with Gasteiger partial charge < -0.3 is 4.98 Å². The van der Waals surface area contributed by atoms with Gasteiger partial charge in [-0.25, -0.2) is 8.78 Å². The molecule has 1 unspecified atom stereocenters. The van der Waals surface area contributed by atoms with E-state index in [-0.39, 0.29) is 18.8 Å². The van der Waals surface area contributed by atoms with E-state index in [1.807, 2.05) is 12.1 Å². The quantitative estimate of drug-likeness (QED) is 0.668. The number of H-pyrrole nitrogens is 1.